The molecule has 22 heavy (non-hydrogen) atoms. The lowest BCUT2D eigenvalue weighted by Gasteiger charge is -2.34. The van der Waals surface area contributed by atoms with Gasteiger partial charge in [-0.3, -0.25) is 4.79 Å². The molecule has 0 fully saturated rings. The highest BCUT2D eigenvalue weighted by atomic mass is 79.9. The van der Waals surface area contributed by atoms with Gasteiger partial charge in [-0.2, -0.15) is 0 Å². The number of carboxylic acids is 1. The third kappa shape index (κ3) is 4.65. The van der Waals surface area contributed by atoms with Crippen LogP contribution >= 0.6 is 15.9 Å². The molecule has 0 aliphatic carbocycles. The number of benzene rings is 1. The molecule has 0 aliphatic rings. The highest BCUT2D eigenvalue weighted by molar-refractivity contribution is 9.10. The minimum Gasteiger partial charge on any atom is -0.598 e. The van der Waals surface area contributed by atoms with E-state index < -0.39 is 45.7 Å². The fraction of sp³-hybridized carbons (Fsp3) is 0.500. The zero-order valence-electron chi connectivity index (χ0n) is 12.7. The molecule has 2 unspecified atom stereocenters. The van der Waals surface area contributed by atoms with Gasteiger partial charge in [0.2, 0.25) is 0 Å². The summed E-state index contributed by atoms with van der Waals surface area (Å²) in [7, 11) is 0. The number of aliphatic carboxylic acids is 1. The number of rotatable bonds is 5. The molecule has 0 heterocycles. The highest BCUT2D eigenvalue weighted by Crippen LogP contribution is 2.33. The monoisotopic (exact) mass is 397 g/mol. The Morgan fingerprint density at radius 2 is 1.86 bits per heavy atom. The fourth-order valence-electron chi connectivity index (χ4n) is 1.79. The normalized spacial score (nSPS) is 16.2. The molecule has 0 saturated carbocycles. The molecule has 2 N–H and O–H groups in total. The van der Waals surface area contributed by atoms with Crippen molar-refractivity contribution in [2.75, 3.05) is 0 Å². The first kappa shape index (κ1) is 19.3. The maximum absolute atomic E-state index is 14.1. The summed E-state index contributed by atoms with van der Waals surface area (Å²) in [5.41, 5.74) is -1.52. The van der Waals surface area contributed by atoms with Crippen LogP contribution in [-0.4, -0.2) is 20.4 Å². The second kappa shape index (κ2) is 6.82. The van der Waals surface area contributed by atoms with Gasteiger partial charge in [0.05, 0.1) is 16.4 Å². The number of hydrogen-bond acceptors (Lipinski definition) is 3. The summed E-state index contributed by atoms with van der Waals surface area (Å²) in [5, 5.41) is 9.09. The van der Waals surface area contributed by atoms with Gasteiger partial charge in [0.1, 0.15) is 16.4 Å². The maximum Gasteiger partial charge on any atom is 0.305 e. The Hall–Kier alpha value is -0.700. The van der Waals surface area contributed by atoms with Gasteiger partial charge in [-0.05, 0) is 49.7 Å². The van der Waals surface area contributed by atoms with Crippen LogP contribution in [0, 0.1) is 11.6 Å². The van der Waals surface area contributed by atoms with Gasteiger partial charge in [-0.1, -0.05) is 0 Å². The summed E-state index contributed by atoms with van der Waals surface area (Å²) in [4.78, 5) is 11.1. The van der Waals surface area contributed by atoms with E-state index >= 15 is 0 Å². The van der Waals surface area contributed by atoms with Crippen LogP contribution in [0.2, 0.25) is 0 Å². The molecule has 0 radical (unpaired) electrons. The number of halogens is 3. The predicted molar refractivity (Wildman–Crippen MR) is 84.7 cm³/mol. The van der Waals surface area contributed by atoms with Crippen LogP contribution in [0.25, 0.3) is 0 Å². The predicted octanol–water partition coefficient (Wildman–Crippen LogP) is 3.47. The largest absolute Gasteiger partial charge is 0.598 e. The van der Waals surface area contributed by atoms with Crippen LogP contribution < -0.4 is 4.72 Å². The van der Waals surface area contributed by atoms with Gasteiger partial charge in [0.15, 0.2) is 0 Å². The van der Waals surface area contributed by atoms with Crippen LogP contribution in [0.15, 0.2) is 16.6 Å². The fourth-order valence-corrected chi connectivity index (χ4v) is 3.03. The Morgan fingerprint density at radius 1 is 1.32 bits per heavy atom. The molecule has 0 spiro atoms. The number of carbonyl (C=O) groups is 1. The molecule has 4 nitrogen and oxygen atoms in total. The topological polar surface area (TPSA) is 72.4 Å². The smallest absolute Gasteiger partial charge is 0.305 e. The lowest BCUT2D eigenvalue weighted by molar-refractivity contribution is -0.138. The van der Waals surface area contributed by atoms with Crippen molar-refractivity contribution in [1.29, 1.82) is 0 Å². The van der Waals surface area contributed by atoms with E-state index in [0.29, 0.717) is 6.07 Å². The van der Waals surface area contributed by atoms with Crippen molar-refractivity contribution in [3.8, 4) is 0 Å². The van der Waals surface area contributed by atoms with E-state index in [0.717, 1.165) is 0 Å². The summed E-state index contributed by atoms with van der Waals surface area (Å²) >= 11 is 1.32. The van der Waals surface area contributed by atoms with Crippen molar-refractivity contribution in [3.05, 3.63) is 33.8 Å². The minimum atomic E-state index is -1.63. The summed E-state index contributed by atoms with van der Waals surface area (Å²) in [6.45, 7) is 6.53. The number of hydrogen-bond donors (Lipinski definition) is 2. The average molecular weight is 398 g/mol. The first-order valence-electron chi connectivity index (χ1n) is 6.43. The molecular formula is C14H18BrF2NO3S. The van der Waals surface area contributed by atoms with E-state index in [1.807, 2.05) is 0 Å². The van der Waals surface area contributed by atoms with Crippen LogP contribution in [0.5, 0.6) is 0 Å². The number of carboxylic acid groups (broad SMARTS) is 1. The van der Waals surface area contributed by atoms with Crippen molar-refractivity contribution >= 4 is 33.3 Å². The van der Waals surface area contributed by atoms with Crippen LogP contribution in [-0.2, 0) is 21.7 Å². The van der Waals surface area contributed by atoms with Gasteiger partial charge in [0.25, 0.3) is 0 Å². The molecular weight excluding hydrogens is 380 g/mol. The van der Waals surface area contributed by atoms with Gasteiger partial charge < -0.3 is 9.66 Å². The average Bonchev–Trinajstić information content (AvgIpc) is 2.31. The summed E-state index contributed by atoms with van der Waals surface area (Å²) in [6.07, 6.45) is -0.510. The molecule has 0 saturated heterocycles. The third-order valence-electron chi connectivity index (χ3n) is 2.98. The first-order valence-corrected chi connectivity index (χ1v) is 8.37. The Labute approximate surface area is 139 Å². The van der Waals surface area contributed by atoms with Crippen LogP contribution in [0.1, 0.15) is 39.7 Å². The molecule has 0 aliphatic heterocycles. The Morgan fingerprint density at radius 3 is 2.32 bits per heavy atom. The van der Waals surface area contributed by atoms with E-state index in [-0.39, 0.29) is 10.0 Å². The molecule has 1 aromatic carbocycles. The van der Waals surface area contributed by atoms with Gasteiger partial charge in [-0.15, -0.1) is 4.72 Å². The van der Waals surface area contributed by atoms with Crippen molar-refractivity contribution in [1.82, 2.24) is 4.72 Å². The summed E-state index contributed by atoms with van der Waals surface area (Å²) in [5.74, 6) is -2.89. The second-order valence-electron chi connectivity index (χ2n) is 6.13. The Kier molecular flexibility index (Phi) is 6.00. The number of nitrogens with one attached hydrogen (secondary N) is 1. The Balaban J connectivity index is 3.34. The van der Waals surface area contributed by atoms with Crippen molar-refractivity contribution in [3.63, 3.8) is 0 Å². The first-order chi connectivity index (χ1) is 9.86. The van der Waals surface area contributed by atoms with Crippen molar-refractivity contribution in [2.24, 2.45) is 0 Å². The molecule has 124 valence electrons. The van der Waals surface area contributed by atoms with Crippen LogP contribution in [0.3, 0.4) is 0 Å². The Bertz CT molecular complexity index is 580. The van der Waals surface area contributed by atoms with Crippen molar-refractivity contribution < 1.29 is 23.2 Å². The molecule has 8 heteroatoms. The van der Waals surface area contributed by atoms with Crippen molar-refractivity contribution in [2.45, 2.75) is 44.4 Å². The molecule has 2 atom stereocenters. The van der Waals surface area contributed by atoms with E-state index in [1.165, 1.54) is 13.0 Å². The molecule has 1 rings (SSSR count). The molecule has 0 amide bonds. The summed E-state index contributed by atoms with van der Waals surface area (Å²) < 4.78 is 41.8. The standard InChI is InChI=1S/C14H18BrF2NO3S/c1-13(2,3)22(21)18-14(4,7-12(19)20)8-5-9(15)11(17)6-10(8)16/h5-6,18H,7H2,1-4H3,(H,19,20). The highest BCUT2D eigenvalue weighted by Gasteiger charge is 2.40. The van der Waals surface area contributed by atoms with Gasteiger partial charge in [0, 0.05) is 23.0 Å². The lowest BCUT2D eigenvalue weighted by Crippen LogP contribution is -2.51. The maximum atomic E-state index is 14.1. The van der Waals surface area contributed by atoms with Gasteiger partial charge in [-0.25, -0.2) is 8.78 Å². The zero-order chi connectivity index (χ0) is 17.3. The molecule has 0 aromatic heterocycles. The van der Waals surface area contributed by atoms with E-state index in [1.54, 1.807) is 20.8 Å². The SMILES string of the molecule is CC(CC(=O)O)(N[S+]([O-])C(C)(C)C)c1cc(Br)c(F)cc1F. The lowest BCUT2D eigenvalue weighted by atomic mass is 9.89. The quantitative estimate of drug-likeness (QED) is 0.589. The molecule has 1 aromatic rings. The van der Waals surface area contributed by atoms with Crippen LogP contribution in [0.4, 0.5) is 8.78 Å². The van der Waals surface area contributed by atoms with E-state index in [4.69, 9.17) is 5.11 Å². The zero-order valence-corrected chi connectivity index (χ0v) is 15.1. The second-order valence-corrected chi connectivity index (χ2v) is 8.95. The van der Waals surface area contributed by atoms with E-state index in [2.05, 4.69) is 20.7 Å². The minimum absolute atomic E-state index is 0.00357. The molecule has 0 bridgehead atoms. The van der Waals surface area contributed by atoms with Gasteiger partial charge >= 0.3 is 5.97 Å². The summed E-state index contributed by atoms with van der Waals surface area (Å²) in [6, 6.07) is 1.83. The van der Waals surface area contributed by atoms with E-state index in [9.17, 15) is 18.1 Å². The third-order valence-corrected chi connectivity index (χ3v) is 5.34.